The number of benzene rings is 2. The van der Waals surface area contributed by atoms with Crippen LogP contribution in [0, 0.1) is 0 Å². The van der Waals surface area contributed by atoms with Gasteiger partial charge in [0, 0.05) is 0 Å². The van der Waals surface area contributed by atoms with Crippen molar-refractivity contribution in [2.75, 3.05) is 20.3 Å². The Kier molecular flexibility index (Phi) is 5.90. The van der Waals surface area contributed by atoms with Crippen LogP contribution >= 0.6 is 15.9 Å². The second kappa shape index (κ2) is 7.90. The van der Waals surface area contributed by atoms with Crippen molar-refractivity contribution in [3.8, 4) is 17.2 Å². The highest BCUT2D eigenvalue weighted by Crippen LogP contribution is 2.27. The molecule has 0 atom stereocenters. The van der Waals surface area contributed by atoms with E-state index in [0.717, 1.165) is 15.8 Å². The Morgan fingerprint density at radius 2 is 1.62 bits per heavy atom. The number of aliphatic hydroxyl groups is 1. The quantitative estimate of drug-likeness (QED) is 0.775. The average molecular weight is 353 g/mol. The van der Waals surface area contributed by atoms with Gasteiger partial charge >= 0.3 is 0 Å². The second-order valence-electron chi connectivity index (χ2n) is 4.27. The molecule has 0 aromatic heterocycles. The molecule has 4 nitrogen and oxygen atoms in total. The molecule has 2 rings (SSSR count). The van der Waals surface area contributed by atoms with Gasteiger partial charge in [-0.3, -0.25) is 0 Å². The lowest BCUT2D eigenvalue weighted by molar-refractivity contribution is 0.210. The molecule has 112 valence electrons. The number of methoxy groups -OCH3 is 1. The molecule has 0 saturated carbocycles. The van der Waals surface area contributed by atoms with E-state index in [1.807, 2.05) is 42.5 Å². The maximum absolute atomic E-state index is 9.05. The fourth-order valence-electron chi connectivity index (χ4n) is 1.80. The summed E-state index contributed by atoms with van der Waals surface area (Å²) in [5.74, 6) is 2.11. The van der Waals surface area contributed by atoms with Crippen molar-refractivity contribution in [1.29, 1.82) is 0 Å². The van der Waals surface area contributed by atoms with E-state index >= 15 is 0 Å². The molecule has 0 aliphatic rings. The van der Waals surface area contributed by atoms with Crippen molar-refractivity contribution < 1.29 is 19.3 Å². The highest BCUT2D eigenvalue weighted by atomic mass is 79.9. The summed E-state index contributed by atoms with van der Waals surface area (Å²) in [7, 11) is 1.61. The summed E-state index contributed by atoms with van der Waals surface area (Å²) in [6.45, 7) is 0.833. The number of ether oxygens (including phenoxy) is 3. The van der Waals surface area contributed by atoms with Crippen LogP contribution < -0.4 is 14.2 Å². The van der Waals surface area contributed by atoms with E-state index < -0.39 is 0 Å². The molecular weight excluding hydrogens is 336 g/mol. The molecule has 0 bridgehead atoms. The summed E-state index contributed by atoms with van der Waals surface area (Å²) < 4.78 is 17.3. The molecule has 5 heteroatoms. The molecular formula is C16H17BrO4. The highest BCUT2D eigenvalue weighted by molar-refractivity contribution is 9.10. The Hall–Kier alpha value is -1.72. The van der Waals surface area contributed by atoms with Crippen molar-refractivity contribution >= 4 is 15.9 Å². The molecule has 0 saturated heterocycles. The van der Waals surface area contributed by atoms with Crippen molar-refractivity contribution in [2.24, 2.45) is 0 Å². The summed E-state index contributed by atoms with van der Waals surface area (Å²) in [5.41, 5.74) is 0.833. The number of halogens is 1. The maximum atomic E-state index is 9.05. The first-order valence-corrected chi connectivity index (χ1v) is 7.32. The van der Waals surface area contributed by atoms with Crippen LogP contribution in [0.1, 0.15) is 5.56 Å². The SMILES string of the molecule is COc1ccccc1OCCOc1ccc(CO)cc1Br. The van der Waals surface area contributed by atoms with Gasteiger partial charge in [0.15, 0.2) is 11.5 Å². The summed E-state index contributed by atoms with van der Waals surface area (Å²) in [6, 6.07) is 13.0. The van der Waals surface area contributed by atoms with Crippen molar-refractivity contribution in [3.05, 3.63) is 52.5 Å². The zero-order chi connectivity index (χ0) is 15.1. The first-order chi connectivity index (χ1) is 10.2. The van der Waals surface area contributed by atoms with Gasteiger partial charge in [0.25, 0.3) is 0 Å². The number of hydrogen-bond acceptors (Lipinski definition) is 4. The number of hydrogen-bond donors (Lipinski definition) is 1. The monoisotopic (exact) mass is 352 g/mol. The Morgan fingerprint density at radius 1 is 0.952 bits per heavy atom. The van der Waals surface area contributed by atoms with Gasteiger partial charge in [0.05, 0.1) is 18.2 Å². The van der Waals surface area contributed by atoms with E-state index in [4.69, 9.17) is 19.3 Å². The van der Waals surface area contributed by atoms with Gasteiger partial charge < -0.3 is 19.3 Å². The van der Waals surface area contributed by atoms with E-state index in [0.29, 0.717) is 24.7 Å². The van der Waals surface area contributed by atoms with Crippen molar-refractivity contribution in [2.45, 2.75) is 6.61 Å². The van der Waals surface area contributed by atoms with E-state index in [-0.39, 0.29) is 6.61 Å². The largest absolute Gasteiger partial charge is 0.493 e. The minimum Gasteiger partial charge on any atom is -0.493 e. The molecule has 0 fully saturated rings. The second-order valence-corrected chi connectivity index (χ2v) is 5.13. The predicted molar refractivity (Wildman–Crippen MR) is 84.0 cm³/mol. The van der Waals surface area contributed by atoms with E-state index in [1.165, 1.54) is 0 Å². The zero-order valence-electron chi connectivity index (χ0n) is 11.7. The lowest BCUT2D eigenvalue weighted by Gasteiger charge is -2.12. The van der Waals surface area contributed by atoms with Crippen LogP contribution in [-0.2, 0) is 6.61 Å². The molecule has 0 aliphatic heterocycles. The van der Waals surface area contributed by atoms with Crippen LogP contribution in [0.2, 0.25) is 0 Å². The molecule has 0 radical (unpaired) electrons. The van der Waals surface area contributed by atoms with Crippen molar-refractivity contribution in [1.82, 2.24) is 0 Å². The van der Waals surface area contributed by atoms with Gasteiger partial charge in [0.2, 0.25) is 0 Å². The van der Waals surface area contributed by atoms with Crippen LogP contribution in [-0.4, -0.2) is 25.4 Å². The molecule has 0 spiro atoms. The standard InChI is InChI=1S/C16H17BrO4/c1-19-15-4-2-3-5-16(15)21-9-8-20-14-7-6-12(11-18)10-13(14)17/h2-7,10,18H,8-9,11H2,1H3. The summed E-state index contributed by atoms with van der Waals surface area (Å²) in [5, 5.41) is 9.05. The molecule has 21 heavy (non-hydrogen) atoms. The van der Waals surface area contributed by atoms with Gasteiger partial charge in [-0.25, -0.2) is 0 Å². The topological polar surface area (TPSA) is 47.9 Å². The maximum Gasteiger partial charge on any atom is 0.161 e. The summed E-state index contributed by atoms with van der Waals surface area (Å²) in [6.07, 6.45) is 0. The molecule has 0 amide bonds. The van der Waals surface area contributed by atoms with Gasteiger partial charge in [-0.05, 0) is 45.8 Å². The Morgan fingerprint density at radius 3 is 2.24 bits per heavy atom. The number of rotatable bonds is 7. The van der Waals surface area contributed by atoms with Crippen LogP contribution in [0.5, 0.6) is 17.2 Å². The smallest absolute Gasteiger partial charge is 0.161 e. The molecule has 0 heterocycles. The molecule has 2 aromatic carbocycles. The van der Waals surface area contributed by atoms with Gasteiger partial charge in [-0.1, -0.05) is 18.2 Å². The first-order valence-electron chi connectivity index (χ1n) is 6.52. The average Bonchev–Trinajstić information content (AvgIpc) is 2.53. The molecule has 0 aliphatic carbocycles. The molecule has 1 N–H and O–H groups in total. The minimum absolute atomic E-state index is 0.00972. The van der Waals surface area contributed by atoms with Crippen LogP contribution in [0.4, 0.5) is 0 Å². The lowest BCUT2D eigenvalue weighted by Crippen LogP contribution is -2.09. The normalized spacial score (nSPS) is 10.2. The fraction of sp³-hybridized carbons (Fsp3) is 0.250. The van der Waals surface area contributed by atoms with Crippen LogP contribution in [0.25, 0.3) is 0 Å². The van der Waals surface area contributed by atoms with Gasteiger partial charge in [-0.2, -0.15) is 0 Å². The Balaban J connectivity index is 1.85. The van der Waals surface area contributed by atoms with E-state index in [1.54, 1.807) is 7.11 Å². The fourth-order valence-corrected chi connectivity index (χ4v) is 2.34. The van der Waals surface area contributed by atoms with Gasteiger partial charge in [0.1, 0.15) is 19.0 Å². The Labute approximate surface area is 132 Å². The molecule has 2 aromatic rings. The third kappa shape index (κ3) is 4.37. The van der Waals surface area contributed by atoms with Crippen molar-refractivity contribution in [3.63, 3.8) is 0 Å². The third-order valence-corrected chi connectivity index (χ3v) is 3.47. The molecule has 0 unspecified atom stereocenters. The summed E-state index contributed by atoms with van der Waals surface area (Å²) >= 11 is 3.41. The van der Waals surface area contributed by atoms with E-state index in [9.17, 15) is 0 Å². The number of aliphatic hydroxyl groups excluding tert-OH is 1. The summed E-state index contributed by atoms with van der Waals surface area (Å²) in [4.78, 5) is 0. The third-order valence-electron chi connectivity index (χ3n) is 2.85. The van der Waals surface area contributed by atoms with Crippen LogP contribution in [0.15, 0.2) is 46.9 Å². The first kappa shape index (κ1) is 15.7. The Bertz CT molecular complexity index is 586. The highest BCUT2D eigenvalue weighted by Gasteiger charge is 2.04. The van der Waals surface area contributed by atoms with Gasteiger partial charge in [-0.15, -0.1) is 0 Å². The van der Waals surface area contributed by atoms with E-state index in [2.05, 4.69) is 15.9 Å². The minimum atomic E-state index is 0.00972. The predicted octanol–water partition coefficient (Wildman–Crippen LogP) is 3.41. The van der Waals surface area contributed by atoms with Crippen LogP contribution in [0.3, 0.4) is 0 Å². The number of para-hydroxylation sites is 2. The lowest BCUT2D eigenvalue weighted by atomic mass is 10.2. The zero-order valence-corrected chi connectivity index (χ0v) is 13.3.